The second-order valence-corrected chi connectivity index (χ2v) is 53.2. The highest BCUT2D eigenvalue weighted by Gasteiger charge is 2.69. The Bertz CT molecular complexity index is 4800. The van der Waals surface area contributed by atoms with Gasteiger partial charge in [0.1, 0.15) is 60.9 Å². The van der Waals surface area contributed by atoms with Crippen molar-refractivity contribution in [3.63, 3.8) is 0 Å². The molecule has 10 bridgehead atoms. The van der Waals surface area contributed by atoms with Crippen molar-refractivity contribution in [2.75, 3.05) is 6.61 Å². The number of carbonyl (C=O) groups is 14. The van der Waals surface area contributed by atoms with E-state index in [4.69, 9.17) is 56.7 Å². The summed E-state index contributed by atoms with van der Waals surface area (Å²) >= 11 is 0. The molecule has 7 heterocycles. The fourth-order valence-electron chi connectivity index (χ4n) is 26.4. The summed E-state index contributed by atoms with van der Waals surface area (Å²) in [7, 11) is -4.14. The molecule has 0 aromatic heterocycles. The van der Waals surface area contributed by atoms with Crippen LogP contribution in [0, 0.1) is 127 Å². The number of ether oxygens (including phenoxy) is 12. The topological polar surface area (TPSA) is 463 Å². The van der Waals surface area contributed by atoms with E-state index in [-0.39, 0.29) is 155 Å². The van der Waals surface area contributed by atoms with Gasteiger partial charge in [0.05, 0.1) is 92.2 Å². The number of rotatable bonds is 26. The lowest BCUT2D eigenvalue weighted by Gasteiger charge is -2.62. The van der Waals surface area contributed by atoms with Crippen LogP contribution < -0.4 is 5.32 Å². The summed E-state index contributed by atoms with van der Waals surface area (Å²) in [6.45, 7) is 39.0. The van der Waals surface area contributed by atoms with Gasteiger partial charge in [-0.05, 0) is 305 Å². The Labute approximate surface area is 854 Å². The molecule has 13 aliphatic carbocycles. The number of piperidine rings is 1. The van der Waals surface area contributed by atoms with Crippen LogP contribution in [0.3, 0.4) is 0 Å². The van der Waals surface area contributed by atoms with Gasteiger partial charge >= 0.3 is 77.8 Å². The number of carbonyl (C=O) groups excluding carboxylic acids is 12. The second-order valence-electron chi connectivity index (χ2n) is 49.3. The van der Waals surface area contributed by atoms with E-state index in [1.807, 2.05) is 138 Å². The predicted octanol–water partition coefficient (Wildman–Crippen LogP) is 17.2. The lowest BCUT2D eigenvalue weighted by Crippen LogP contribution is -2.60. The maximum Gasteiger partial charge on any atom is 0.509 e. The van der Waals surface area contributed by atoms with Crippen molar-refractivity contribution in [3.8, 4) is 0 Å². The average Bonchev–Trinajstić information content (AvgIpc) is 1.05. The number of cyclic esters (lactones) is 4. The number of nitrogens with one attached hydrogen (secondary N) is 1. The minimum Gasteiger partial charge on any atom is -0.481 e. The normalized spacial score (nSPS) is 37.3. The van der Waals surface area contributed by atoms with Gasteiger partial charge in [-0.1, -0.05) is 81.6 Å². The summed E-state index contributed by atoms with van der Waals surface area (Å²) in [4.78, 5) is 165. The van der Waals surface area contributed by atoms with Gasteiger partial charge in [0.2, 0.25) is 5.91 Å². The minimum absolute atomic E-state index is 0. The van der Waals surface area contributed by atoms with Crippen molar-refractivity contribution in [2.45, 2.75) is 465 Å². The fraction of sp³-hybridized carbons (Fsp3) is 0.872. The predicted molar refractivity (Wildman–Crippen MR) is 526 cm³/mol. The zero-order chi connectivity index (χ0) is 105. The number of carboxylic acid groups (broad SMARTS) is 2. The average molecular weight is 2070 g/mol. The van der Waals surface area contributed by atoms with Gasteiger partial charge < -0.3 is 72.4 Å². The van der Waals surface area contributed by atoms with Crippen LogP contribution in [0.1, 0.15) is 371 Å². The number of fused-ring (bicyclic) bond motifs is 10. The SMILES string of the molecule is C.CCC(C)(C)C(=O)OC1C2CC3C1OS(=O)(=O)C3C2.CCC(C)(C)C(=O)OC1CC2CCCC3CC(=O)NC(C1)C32.CCC(C)(C)C(=O)OC1CC2OC1C1C(=O)OC(=O)C21.CCC(C)(C)C(=O)OC1CCC2C(=O)OC(=O)C2C1.CCC(C)(C)C(=O)OC1CCC2OC(=O)OC2C1.CCC(C)(C)C(=O)OCC12CC3CC(C1)CC(S(=O)C1CCCCC1)(C3)C2.CCC(C)OC1CC2CC1C(C(=O)O)C2C(=O)O. The third-order valence-corrected chi connectivity index (χ3v) is 41.4. The van der Waals surface area contributed by atoms with Crippen molar-refractivity contribution in [1.29, 1.82) is 0 Å². The van der Waals surface area contributed by atoms with Crippen molar-refractivity contribution in [1.82, 2.24) is 5.32 Å². The Kier molecular flexibility index (Phi) is 36.8. The van der Waals surface area contributed by atoms with E-state index in [1.54, 1.807) is 0 Å². The molecule has 0 radical (unpaired) electrons. The molecule has 0 aromatic rings. The van der Waals surface area contributed by atoms with Gasteiger partial charge in [-0.2, -0.15) is 8.42 Å². The Morgan fingerprint density at radius 3 is 1.56 bits per heavy atom. The van der Waals surface area contributed by atoms with E-state index in [0.29, 0.717) is 125 Å². The highest BCUT2D eigenvalue weighted by atomic mass is 32.2. The van der Waals surface area contributed by atoms with Crippen LogP contribution in [0.4, 0.5) is 4.79 Å². The Balaban J connectivity index is 0.000000150. The molecule has 20 aliphatic rings. The molecule has 814 valence electrons. The van der Waals surface area contributed by atoms with E-state index in [1.165, 1.54) is 70.6 Å². The summed E-state index contributed by atoms with van der Waals surface area (Å²) in [5.41, 5.74) is -2.77. The monoisotopic (exact) mass is 2070 g/mol. The maximum absolute atomic E-state index is 13.7. The van der Waals surface area contributed by atoms with Gasteiger partial charge in [-0.15, -0.1) is 0 Å². The van der Waals surface area contributed by atoms with Crippen LogP contribution in [-0.2, 0) is 144 Å². The van der Waals surface area contributed by atoms with Gasteiger partial charge in [0, 0.05) is 69.8 Å². The molecule has 20 fully saturated rings. The molecular formula is C109H169NO32S2. The standard InChI is InChI=1S/C23H38O3S.C18H29NO3.C14H18O6.C14H20O5.C13H20O5S.2C13H20O5.CH4/c1-4-21(2,3)20(24)26-16-22-11-17-10-18(12-22)14-23(13-17,15-22)27(25)19-8-6-5-7-9-19;1-4-18(2,3)17(21)22-13-8-11-6-5-7-12-9-15(20)19-14(10-13)16(11)12;1-4-14(2,3)13(17)19-7-5-6-8-9(10(7)18-6)12(16)20-11(8)15;1-4-14(2,3)13(17)18-8-5-6-9-10(7-8)12(16)19-11(9)15;1-4-13(2,3)12(14)17-10-7-5-8-9(6-7)19(15,16)18-11(8)10;1-4-13(2,3)11(14)16-8-5-6-9-10(7-8)18-12(15)17-9;1-3-6(2)18-9-5-7-4-8(9)11(13(16)17)10(7)12(14)15;/h17-19H,4-16H2,1-3H3;11-14,16H,4-10H2,1-3H3,(H,19,20);6-10H,4-5H2,1-3H3;8-10H,4-7H2,1-3H3;7-11H,4-6H2,1-3H3;8-10H,4-7H2,1-3H3;6-11H,3-5H2,1-2H3,(H,14,15)(H,16,17);1H4. The number of carboxylic acids is 2. The van der Waals surface area contributed by atoms with Crippen molar-refractivity contribution >= 4 is 105 Å². The Morgan fingerprint density at radius 2 is 0.986 bits per heavy atom. The summed E-state index contributed by atoms with van der Waals surface area (Å²) < 4.78 is 107. The summed E-state index contributed by atoms with van der Waals surface area (Å²) in [6, 6.07) is 0.216. The Morgan fingerprint density at radius 1 is 0.472 bits per heavy atom. The van der Waals surface area contributed by atoms with E-state index >= 15 is 0 Å². The number of hydrogen-bond donors (Lipinski definition) is 3. The highest BCUT2D eigenvalue weighted by molar-refractivity contribution is 7.87. The molecule has 20 rings (SSSR count). The fourth-order valence-corrected chi connectivity index (χ4v) is 31.0. The smallest absolute Gasteiger partial charge is 0.481 e. The summed E-state index contributed by atoms with van der Waals surface area (Å²) in [6.07, 6.45) is 27.7. The van der Waals surface area contributed by atoms with E-state index < -0.39 is 143 Å². The molecule has 7 aliphatic heterocycles. The molecule has 3 N–H and O–H groups in total. The van der Waals surface area contributed by atoms with Crippen LogP contribution in [0.15, 0.2) is 0 Å². The van der Waals surface area contributed by atoms with Gasteiger partial charge in [0.25, 0.3) is 10.1 Å². The zero-order valence-corrected chi connectivity index (χ0v) is 89.9. The molecule has 30 unspecified atom stereocenters. The molecule has 1 amide bonds. The maximum atomic E-state index is 13.7. The molecule has 144 heavy (non-hydrogen) atoms. The van der Waals surface area contributed by atoms with Gasteiger partial charge in [-0.25, -0.2) is 4.79 Å². The second kappa shape index (κ2) is 45.9. The first-order valence-electron chi connectivity index (χ1n) is 54.0. The quantitative estimate of drug-likeness (QED) is 0.0313. The lowest BCUT2D eigenvalue weighted by atomic mass is 9.49. The van der Waals surface area contributed by atoms with Gasteiger partial charge in [-0.3, -0.25) is 70.7 Å². The highest BCUT2D eigenvalue weighted by Crippen LogP contribution is 2.65. The van der Waals surface area contributed by atoms with Gasteiger partial charge in [0.15, 0.2) is 0 Å². The first-order valence-corrected chi connectivity index (χ1v) is 56.7. The summed E-state index contributed by atoms with van der Waals surface area (Å²) in [5, 5.41) is 21.6. The van der Waals surface area contributed by atoms with E-state index in [9.17, 15) is 84.9 Å². The number of amides is 1. The lowest BCUT2D eigenvalue weighted by molar-refractivity contribution is -0.167. The third-order valence-electron chi connectivity index (χ3n) is 37.2. The first-order chi connectivity index (χ1) is 67.0. The largest absolute Gasteiger partial charge is 0.509 e. The molecule has 35 heteroatoms. The van der Waals surface area contributed by atoms with Crippen molar-refractivity contribution in [2.24, 2.45) is 127 Å². The first kappa shape index (κ1) is 115. The molecule has 33 nitrogen and oxygen atoms in total. The number of esters is 10. The number of hydrogen-bond acceptors (Lipinski definition) is 30. The summed E-state index contributed by atoms with van der Waals surface area (Å²) in [5.74, 6) is -5.05. The number of aliphatic carboxylic acids is 2. The van der Waals surface area contributed by atoms with Crippen LogP contribution >= 0.6 is 0 Å². The molecular weight excluding hydrogens is 1900 g/mol. The minimum atomic E-state index is -3.43. The van der Waals surface area contributed by atoms with Crippen LogP contribution in [0.2, 0.25) is 0 Å². The molecule has 13 saturated carbocycles. The molecule has 7 saturated heterocycles. The molecule has 0 spiro atoms. The van der Waals surface area contributed by atoms with Crippen molar-refractivity contribution < 1.29 is 151 Å². The van der Waals surface area contributed by atoms with Crippen LogP contribution in [-0.4, -0.2) is 208 Å². The van der Waals surface area contributed by atoms with E-state index in [0.717, 1.165) is 70.6 Å². The Hall–Kier alpha value is -7.24. The van der Waals surface area contributed by atoms with Crippen molar-refractivity contribution in [3.05, 3.63) is 0 Å². The zero-order valence-electron chi connectivity index (χ0n) is 88.2. The van der Waals surface area contributed by atoms with E-state index in [2.05, 4.69) is 14.8 Å². The third kappa shape index (κ3) is 25.1. The van der Waals surface area contributed by atoms with Crippen LogP contribution in [0.5, 0.6) is 0 Å². The van der Waals surface area contributed by atoms with Crippen LogP contribution in [0.25, 0.3) is 0 Å². The molecule has 0 aromatic carbocycles. The molecule has 30 atom stereocenters.